The molecule has 2 N–H and O–H groups in total. The van der Waals surface area contributed by atoms with Crippen LogP contribution in [-0.4, -0.2) is 48.3 Å². The highest BCUT2D eigenvalue weighted by Crippen LogP contribution is 2.28. The Bertz CT molecular complexity index is 681. The van der Waals surface area contributed by atoms with Crippen molar-refractivity contribution in [3.8, 4) is 11.5 Å². The molecule has 0 saturated carbocycles. The third kappa shape index (κ3) is 4.29. The summed E-state index contributed by atoms with van der Waals surface area (Å²) in [6.45, 7) is 4.02. The van der Waals surface area contributed by atoms with Crippen molar-refractivity contribution < 1.29 is 9.32 Å². The number of hydrogen-bond donors (Lipinski definition) is 2. The Morgan fingerprint density at radius 1 is 1.39 bits per heavy atom. The topological polar surface area (TPSA) is 83.3 Å². The number of anilines is 1. The predicted molar refractivity (Wildman–Crippen MR) is 89.4 cm³/mol. The smallest absolute Gasteiger partial charge is 0.321 e. The average Bonchev–Trinajstić information content (AvgIpc) is 2.96. The maximum absolute atomic E-state index is 11.9. The number of carbonyl (C=O) groups is 1. The summed E-state index contributed by atoms with van der Waals surface area (Å²) in [5, 5.41) is 10.00. The largest absolute Gasteiger partial charge is 0.334 e. The second-order valence-electron chi connectivity index (χ2n) is 5.78. The molecule has 1 aromatic heterocycles. The Hall–Kier alpha value is -2.41. The van der Waals surface area contributed by atoms with Crippen LogP contribution in [0.2, 0.25) is 0 Å². The van der Waals surface area contributed by atoms with E-state index in [1.807, 2.05) is 39.1 Å². The molecule has 0 saturated heterocycles. The van der Waals surface area contributed by atoms with Gasteiger partial charge < -0.3 is 20.1 Å². The summed E-state index contributed by atoms with van der Waals surface area (Å²) in [5.74, 6) is 1.04. The van der Waals surface area contributed by atoms with Gasteiger partial charge in [0.15, 0.2) is 5.82 Å². The van der Waals surface area contributed by atoms with Gasteiger partial charge in [0, 0.05) is 26.6 Å². The minimum atomic E-state index is -0.210. The molecule has 7 heteroatoms. The Morgan fingerprint density at radius 2 is 2.13 bits per heavy atom. The van der Waals surface area contributed by atoms with Crippen molar-refractivity contribution in [1.29, 1.82) is 0 Å². The van der Waals surface area contributed by atoms with Crippen LogP contribution in [0.5, 0.6) is 0 Å². The van der Waals surface area contributed by atoms with E-state index in [-0.39, 0.29) is 12.1 Å². The molecule has 0 radical (unpaired) electrons. The first-order valence-corrected chi connectivity index (χ1v) is 7.50. The lowest BCUT2D eigenvalue weighted by Gasteiger charge is -2.14. The van der Waals surface area contributed by atoms with Crippen molar-refractivity contribution >= 4 is 11.7 Å². The van der Waals surface area contributed by atoms with Crippen molar-refractivity contribution in [2.24, 2.45) is 0 Å². The zero-order valence-corrected chi connectivity index (χ0v) is 14.2. The van der Waals surface area contributed by atoms with Gasteiger partial charge in [-0.25, -0.2) is 4.79 Å². The summed E-state index contributed by atoms with van der Waals surface area (Å²) in [7, 11) is 5.27. The van der Waals surface area contributed by atoms with Gasteiger partial charge in [0.2, 0.25) is 0 Å². The molecule has 1 unspecified atom stereocenters. The van der Waals surface area contributed by atoms with Gasteiger partial charge in [-0.15, -0.1) is 0 Å². The number of urea groups is 1. The summed E-state index contributed by atoms with van der Waals surface area (Å²) in [6.07, 6.45) is 0.672. The summed E-state index contributed by atoms with van der Waals surface area (Å²) in [4.78, 5) is 17.8. The van der Waals surface area contributed by atoms with E-state index in [0.717, 1.165) is 11.1 Å². The van der Waals surface area contributed by atoms with E-state index in [0.29, 0.717) is 23.8 Å². The molecule has 124 valence electrons. The molecule has 23 heavy (non-hydrogen) atoms. The normalized spacial score (nSPS) is 12.0. The molecule has 1 atom stereocenters. The van der Waals surface area contributed by atoms with E-state index < -0.39 is 0 Å². The van der Waals surface area contributed by atoms with Gasteiger partial charge in [-0.05, 0) is 33.0 Å². The third-order valence-electron chi connectivity index (χ3n) is 3.50. The van der Waals surface area contributed by atoms with Gasteiger partial charge in [-0.3, -0.25) is 0 Å². The van der Waals surface area contributed by atoms with Gasteiger partial charge in [0.25, 0.3) is 5.89 Å². The molecule has 7 nitrogen and oxygen atoms in total. The Labute approximate surface area is 136 Å². The second kappa shape index (κ2) is 7.23. The zero-order valence-electron chi connectivity index (χ0n) is 14.2. The van der Waals surface area contributed by atoms with Crippen LogP contribution in [0, 0.1) is 6.92 Å². The van der Waals surface area contributed by atoms with Gasteiger partial charge >= 0.3 is 6.03 Å². The number of likely N-dealkylation sites (N-methyl/N-ethyl adjacent to an activating group) is 1. The number of nitrogens with one attached hydrogen (secondary N) is 2. The lowest BCUT2D eigenvalue weighted by atomic mass is 10.1. The molecule has 0 spiro atoms. The van der Waals surface area contributed by atoms with Crippen LogP contribution in [0.4, 0.5) is 10.5 Å². The van der Waals surface area contributed by atoms with Crippen molar-refractivity contribution in [3.63, 3.8) is 0 Å². The minimum Gasteiger partial charge on any atom is -0.334 e. The quantitative estimate of drug-likeness (QED) is 0.884. The third-order valence-corrected chi connectivity index (χ3v) is 3.50. The van der Waals surface area contributed by atoms with E-state index in [2.05, 4.69) is 20.8 Å². The van der Waals surface area contributed by atoms with E-state index in [1.54, 1.807) is 14.1 Å². The monoisotopic (exact) mass is 317 g/mol. The first-order chi connectivity index (χ1) is 10.9. The summed E-state index contributed by atoms with van der Waals surface area (Å²) in [5.41, 5.74) is 2.41. The summed E-state index contributed by atoms with van der Waals surface area (Å²) in [6, 6.07) is 5.73. The van der Waals surface area contributed by atoms with Crippen LogP contribution in [0.15, 0.2) is 22.7 Å². The van der Waals surface area contributed by atoms with Crippen molar-refractivity contribution in [1.82, 2.24) is 20.4 Å². The van der Waals surface area contributed by atoms with Crippen LogP contribution < -0.4 is 10.6 Å². The van der Waals surface area contributed by atoms with E-state index >= 15 is 0 Å². The summed E-state index contributed by atoms with van der Waals surface area (Å²) >= 11 is 0. The highest BCUT2D eigenvalue weighted by Gasteiger charge is 2.16. The van der Waals surface area contributed by atoms with Crippen LogP contribution in [-0.2, 0) is 6.42 Å². The number of aryl methyl sites for hydroxylation is 1. The fourth-order valence-electron chi connectivity index (χ4n) is 1.99. The van der Waals surface area contributed by atoms with E-state index in [1.165, 1.54) is 4.90 Å². The van der Waals surface area contributed by atoms with Gasteiger partial charge in [0.1, 0.15) is 0 Å². The number of aromatic nitrogens is 2. The van der Waals surface area contributed by atoms with Crippen molar-refractivity contribution in [2.45, 2.75) is 26.3 Å². The molecule has 1 heterocycles. The molecule has 2 amide bonds. The molecule has 2 rings (SSSR count). The van der Waals surface area contributed by atoms with Gasteiger partial charge in [0.05, 0.1) is 11.3 Å². The highest BCUT2D eigenvalue weighted by atomic mass is 16.5. The van der Waals surface area contributed by atoms with Crippen LogP contribution >= 0.6 is 0 Å². The fourth-order valence-corrected chi connectivity index (χ4v) is 1.99. The maximum Gasteiger partial charge on any atom is 0.321 e. The number of benzene rings is 1. The first kappa shape index (κ1) is 17.0. The molecule has 0 aliphatic rings. The molecular weight excluding hydrogens is 294 g/mol. The number of carbonyl (C=O) groups excluding carboxylic acids is 1. The van der Waals surface area contributed by atoms with Crippen molar-refractivity contribution in [2.75, 3.05) is 26.5 Å². The van der Waals surface area contributed by atoms with Gasteiger partial charge in [-0.2, -0.15) is 4.98 Å². The van der Waals surface area contributed by atoms with Crippen LogP contribution in [0.1, 0.15) is 18.3 Å². The molecule has 2 aromatic rings. The molecule has 0 aliphatic carbocycles. The second-order valence-corrected chi connectivity index (χ2v) is 5.78. The lowest BCUT2D eigenvalue weighted by Crippen LogP contribution is -2.27. The van der Waals surface area contributed by atoms with E-state index in [9.17, 15) is 4.79 Å². The molecule has 0 bridgehead atoms. The Kier molecular flexibility index (Phi) is 5.33. The number of amides is 2. The molecule has 0 aliphatic heterocycles. The first-order valence-electron chi connectivity index (χ1n) is 7.50. The average molecular weight is 317 g/mol. The highest BCUT2D eigenvalue weighted by molar-refractivity contribution is 5.93. The molecular formula is C16H23N5O2. The summed E-state index contributed by atoms with van der Waals surface area (Å²) < 4.78 is 5.38. The number of hydrogen-bond acceptors (Lipinski definition) is 5. The SMILES string of the molecule is CNC(C)Cc1noc(-c2cc(C)ccc2NC(=O)N(C)C)n1. The predicted octanol–water partition coefficient (Wildman–Crippen LogP) is 2.29. The van der Waals surface area contributed by atoms with Gasteiger partial charge in [-0.1, -0.05) is 16.8 Å². The maximum atomic E-state index is 11.9. The lowest BCUT2D eigenvalue weighted by molar-refractivity contribution is 0.230. The van der Waals surface area contributed by atoms with Crippen LogP contribution in [0.25, 0.3) is 11.5 Å². The number of nitrogens with zero attached hydrogens (tertiary/aromatic N) is 3. The Balaban J connectivity index is 2.31. The van der Waals surface area contributed by atoms with E-state index in [4.69, 9.17) is 4.52 Å². The minimum absolute atomic E-state index is 0.210. The number of rotatable bonds is 5. The zero-order chi connectivity index (χ0) is 17.0. The molecule has 0 fully saturated rings. The molecule has 1 aromatic carbocycles. The van der Waals surface area contributed by atoms with Crippen LogP contribution in [0.3, 0.4) is 0 Å². The standard InChI is InChI=1S/C16H23N5O2/c1-10-6-7-13(18-16(22)21(4)5)12(8-10)15-19-14(20-23-15)9-11(2)17-3/h6-8,11,17H,9H2,1-5H3,(H,18,22). The fraction of sp³-hybridized carbons (Fsp3) is 0.438. The van der Waals surface area contributed by atoms with Crippen molar-refractivity contribution in [3.05, 3.63) is 29.6 Å². The Morgan fingerprint density at radius 3 is 2.78 bits per heavy atom.